The van der Waals surface area contributed by atoms with Gasteiger partial charge in [0.15, 0.2) is 11.6 Å². The van der Waals surface area contributed by atoms with Gasteiger partial charge in [0.05, 0.1) is 0 Å². The number of ether oxygens (including phenoxy) is 1. The molecule has 0 spiro atoms. The Hall–Kier alpha value is -3.08. The van der Waals surface area contributed by atoms with Crippen LogP contribution in [0.2, 0.25) is 0 Å². The van der Waals surface area contributed by atoms with E-state index in [0.29, 0.717) is 36.3 Å². The third-order valence-electron chi connectivity index (χ3n) is 4.57. The Morgan fingerprint density at radius 2 is 1.81 bits per heavy atom. The molecule has 0 radical (unpaired) electrons. The molecule has 0 bridgehead atoms. The number of pyridine rings is 1. The van der Waals surface area contributed by atoms with Gasteiger partial charge in [0.2, 0.25) is 0 Å². The molecule has 0 saturated carbocycles. The molecule has 0 aliphatic heterocycles. The van der Waals surface area contributed by atoms with Gasteiger partial charge in [-0.3, -0.25) is 19.4 Å². The molecule has 1 atom stereocenters. The minimum Gasteiger partial charge on any atom is -0.431 e. The zero-order chi connectivity index (χ0) is 19.2. The van der Waals surface area contributed by atoms with Crippen molar-refractivity contribution < 1.29 is 19.1 Å². The maximum Gasteiger partial charge on any atom is 0.307 e. The second kappa shape index (κ2) is 8.54. The molecule has 0 saturated heterocycles. The van der Waals surface area contributed by atoms with Gasteiger partial charge in [0.1, 0.15) is 11.5 Å². The molecule has 5 heteroatoms. The summed E-state index contributed by atoms with van der Waals surface area (Å²) in [6, 6.07) is 14.6. The van der Waals surface area contributed by atoms with Gasteiger partial charge in [-0.15, -0.1) is 0 Å². The smallest absolute Gasteiger partial charge is 0.307 e. The highest BCUT2D eigenvalue weighted by molar-refractivity contribution is 6.01. The summed E-state index contributed by atoms with van der Waals surface area (Å²) in [6.45, 7) is 1.32. The van der Waals surface area contributed by atoms with Crippen molar-refractivity contribution in [1.82, 2.24) is 4.98 Å². The van der Waals surface area contributed by atoms with E-state index in [1.807, 2.05) is 30.3 Å². The number of aromatic nitrogens is 1. The van der Waals surface area contributed by atoms with E-state index in [9.17, 15) is 14.4 Å². The summed E-state index contributed by atoms with van der Waals surface area (Å²) in [4.78, 5) is 41.2. The number of nitrogens with zero attached hydrogens (tertiary/aromatic N) is 1. The molecule has 2 aromatic rings. The normalized spacial score (nSPS) is 15.4. The lowest BCUT2D eigenvalue weighted by Crippen LogP contribution is -2.22. The van der Waals surface area contributed by atoms with Gasteiger partial charge in [-0.2, -0.15) is 0 Å². The molecule has 0 N–H and O–H groups in total. The summed E-state index contributed by atoms with van der Waals surface area (Å²) in [5, 5.41) is 0. The Morgan fingerprint density at radius 1 is 1.07 bits per heavy atom. The summed E-state index contributed by atoms with van der Waals surface area (Å²) in [7, 11) is 0. The van der Waals surface area contributed by atoms with Crippen LogP contribution in [-0.4, -0.2) is 22.5 Å². The SMILES string of the molecule is CC(=O)OC1=C([C@@H](CC(=O)c2ccccn2)c2ccccc2)C(=O)CCC1. The number of carbonyl (C=O) groups excluding carboxylic acids is 3. The van der Waals surface area contributed by atoms with Gasteiger partial charge >= 0.3 is 5.97 Å². The number of rotatable bonds is 6. The van der Waals surface area contributed by atoms with Gasteiger partial charge in [-0.1, -0.05) is 36.4 Å². The van der Waals surface area contributed by atoms with E-state index in [-0.39, 0.29) is 18.0 Å². The van der Waals surface area contributed by atoms with Gasteiger partial charge in [-0.25, -0.2) is 0 Å². The summed E-state index contributed by atoms with van der Waals surface area (Å²) < 4.78 is 5.36. The second-order valence-corrected chi connectivity index (χ2v) is 6.51. The lowest BCUT2D eigenvalue weighted by Gasteiger charge is -2.25. The average molecular weight is 363 g/mol. The predicted molar refractivity (Wildman–Crippen MR) is 100 cm³/mol. The molecule has 0 unspecified atom stereocenters. The Bertz CT molecular complexity index is 872. The molecule has 1 aliphatic carbocycles. The van der Waals surface area contributed by atoms with Crippen LogP contribution in [-0.2, 0) is 14.3 Å². The number of hydrogen-bond acceptors (Lipinski definition) is 5. The lowest BCUT2D eigenvalue weighted by atomic mass is 9.79. The van der Waals surface area contributed by atoms with E-state index in [1.165, 1.54) is 6.92 Å². The molecule has 138 valence electrons. The van der Waals surface area contributed by atoms with E-state index in [4.69, 9.17) is 4.74 Å². The maximum atomic E-state index is 12.8. The molecule has 1 aromatic heterocycles. The molecular weight excluding hydrogens is 342 g/mol. The molecule has 0 amide bonds. The second-order valence-electron chi connectivity index (χ2n) is 6.51. The van der Waals surface area contributed by atoms with Crippen molar-refractivity contribution >= 4 is 17.5 Å². The van der Waals surface area contributed by atoms with Gasteiger partial charge in [-0.05, 0) is 24.1 Å². The third-order valence-corrected chi connectivity index (χ3v) is 4.57. The molecule has 1 heterocycles. The molecule has 1 aliphatic rings. The van der Waals surface area contributed by atoms with Crippen molar-refractivity contribution in [3.8, 4) is 0 Å². The molecule has 5 nitrogen and oxygen atoms in total. The monoisotopic (exact) mass is 363 g/mol. The molecule has 0 fully saturated rings. The summed E-state index contributed by atoms with van der Waals surface area (Å²) in [6.07, 6.45) is 3.20. The quantitative estimate of drug-likeness (QED) is 0.573. The number of benzene rings is 1. The van der Waals surface area contributed by atoms with Crippen LogP contribution >= 0.6 is 0 Å². The standard InChI is InChI=1S/C22H21NO4/c1-15(24)27-21-12-7-11-19(25)22(21)17(16-8-3-2-4-9-16)14-20(26)18-10-5-6-13-23-18/h2-6,8-10,13,17H,7,11-12,14H2,1H3/t17-/m0/s1. The molecular formula is C22H21NO4. The highest BCUT2D eigenvalue weighted by Gasteiger charge is 2.32. The summed E-state index contributed by atoms with van der Waals surface area (Å²) in [5.41, 5.74) is 1.64. The van der Waals surface area contributed by atoms with Crippen molar-refractivity contribution in [3.05, 3.63) is 77.3 Å². The van der Waals surface area contributed by atoms with Crippen molar-refractivity contribution in [2.45, 2.75) is 38.5 Å². The first kappa shape index (κ1) is 18.7. The van der Waals surface area contributed by atoms with E-state index in [1.54, 1.807) is 24.4 Å². The van der Waals surface area contributed by atoms with Crippen LogP contribution in [0.4, 0.5) is 0 Å². The van der Waals surface area contributed by atoms with Crippen LogP contribution in [0.25, 0.3) is 0 Å². The third kappa shape index (κ3) is 4.56. The number of Topliss-reactive ketones (excluding diaryl/α,β-unsaturated/α-hetero) is 2. The molecule has 3 rings (SSSR count). The van der Waals surface area contributed by atoms with Crippen LogP contribution in [0.5, 0.6) is 0 Å². The first-order chi connectivity index (χ1) is 13.1. The van der Waals surface area contributed by atoms with E-state index < -0.39 is 11.9 Å². The van der Waals surface area contributed by atoms with Crippen LogP contribution in [0.3, 0.4) is 0 Å². The number of allylic oxidation sites excluding steroid dienone is 2. The predicted octanol–water partition coefficient (Wildman–Crippen LogP) is 4.01. The van der Waals surface area contributed by atoms with Crippen LogP contribution in [0, 0.1) is 0 Å². The van der Waals surface area contributed by atoms with Crippen LogP contribution in [0.15, 0.2) is 66.1 Å². The summed E-state index contributed by atoms with van der Waals surface area (Å²) >= 11 is 0. The Kier molecular flexibility index (Phi) is 5.91. The van der Waals surface area contributed by atoms with E-state index in [0.717, 1.165) is 5.56 Å². The zero-order valence-corrected chi connectivity index (χ0v) is 15.2. The van der Waals surface area contributed by atoms with Crippen LogP contribution in [0.1, 0.15) is 54.6 Å². The van der Waals surface area contributed by atoms with Crippen molar-refractivity contribution in [3.63, 3.8) is 0 Å². The maximum absolute atomic E-state index is 12.8. The Morgan fingerprint density at radius 3 is 2.48 bits per heavy atom. The minimum atomic E-state index is -0.470. The lowest BCUT2D eigenvalue weighted by molar-refractivity contribution is -0.137. The van der Waals surface area contributed by atoms with Gasteiger partial charge in [0, 0.05) is 43.9 Å². The van der Waals surface area contributed by atoms with Crippen molar-refractivity contribution in [2.24, 2.45) is 0 Å². The Balaban J connectivity index is 2.03. The van der Waals surface area contributed by atoms with E-state index in [2.05, 4.69) is 4.98 Å². The highest BCUT2D eigenvalue weighted by atomic mass is 16.5. The Labute approximate surface area is 158 Å². The van der Waals surface area contributed by atoms with Gasteiger partial charge in [0.25, 0.3) is 0 Å². The first-order valence-corrected chi connectivity index (χ1v) is 9.00. The fourth-order valence-corrected chi connectivity index (χ4v) is 3.39. The minimum absolute atomic E-state index is 0.0693. The highest BCUT2D eigenvalue weighted by Crippen LogP contribution is 2.37. The topological polar surface area (TPSA) is 73.3 Å². The fraction of sp³-hybridized carbons (Fsp3) is 0.273. The summed E-state index contributed by atoms with van der Waals surface area (Å²) in [5.74, 6) is -0.762. The zero-order valence-electron chi connectivity index (χ0n) is 15.2. The van der Waals surface area contributed by atoms with E-state index >= 15 is 0 Å². The largest absolute Gasteiger partial charge is 0.431 e. The average Bonchev–Trinajstić information content (AvgIpc) is 2.68. The number of esters is 1. The molecule has 1 aromatic carbocycles. The number of carbonyl (C=O) groups is 3. The van der Waals surface area contributed by atoms with Crippen molar-refractivity contribution in [1.29, 1.82) is 0 Å². The molecule has 27 heavy (non-hydrogen) atoms. The number of hydrogen-bond donors (Lipinski definition) is 0. The first-order valence-electron chi connectivity index (χ1n) is 9.00. The van der Waals surface area contributed by atoms with Crippen LogP contribution < -0.4 is 0 Å². The van der Waals surface area contributed by atoms with Gasteiger partial charge < -0.3 is 4.74 Å². The van der Waals surface area contributed by atoms with Crippen molar-refractivity contribution in [2.75, 3.05) is 0 Å². The number of ketones is 2. The fourth-order valence-electron chi connectivity index (χ4n) is 3.39.